The zero-order chi connectivity index (χ0) is 12.7. The van der Waals surface area contributed by atoms with E-state index >= 15 is 0 Å². The minimum atomic E-state index is -0.424. The van der Waals surface area contributed by atoms with Crippen molar-refractivity contribution in [2.75, 3.05) is 33.4 Å². The first-order chi connectivity index (χ1) is 8.17. The molecule has 0 aromatic heterocycles. The summed E-state index contributed by atoms with van der Waals surface area (Å²) in [5.74, 6) is 0. The lowest BCUT2D eigenvalue weighted by atomic mass is 10.1. The molecule has 1 unspecified atom stereocenters. The topological polar surface area (TPSA) is 32.7 Å². The van der Waals surface area contributed by atoms with Crippen LogP contribution in [0.25, 0.3) is 0 Å². The number of ether oxygens (including phenoxy) is 1. The van der Waals surface area contributed by atoms with Crippen LogP contribution < -0.4 is 0 Å². The number of benzene rings is 1. The molecule has 1 rings (SSSR count). The molecule has 0 aliphatic heterocycles. The van der Waals surface area contributed by atoms with E-state index in [0.29, 0.717) is 13.2 Å². The van der Waals surface area contributed by atoms with Gasteiger partial charge in [-0.1, -0.05) is 36.8 Å². The van der Waals surface area contributed by atoms with Crippen molar-refractivity contribution in [3.63, 3.8) is 0 Å². The summed E-state index contributed by atoms with van der Waals surface area (Å²) in [7, 11) is 1.70. The van der Waals surface area contributed by atoms with Gasteiger partial charge in [0.1, 0.15) is 0 Å². The second kappa shape index (κ2) is 7.43. The molecular formula is C14H23NO2. The fraction of sp³-hybridized carbons (Fsp3) is 0.571. The number of rotatable bonds is 7. The summed E-state index contributed by atoms with van der Waals surface area (Å²) >= 11 is 0. The quantitative estimate of drug-likeness (QED) is 0.787. The van der Waals surface area contributed by atoms with Gasteiger partial charge < -0.3 is 9.84 Å². The van der Waals surface area contributed by atoms with Crippen LogP contribution in [0.1, 0.15) is 24.2 Å². The van der Waals surface area contributed by atoms with Crippen LogP contribution in [0, 0.1) is 6.92 Å². The number of methoxy groups -OCH3 is 1. The van der Waals surface area contributed by atoms with Crippen molar-refractivity contribution in [2.45, 2.75) is 20.0 Å². The molecule has 1 atom stereocenters. The number of aliphatic hydroxyl groups excluding tert-OH is 1. The van der Waals surface area contributed by atoms with Gasteiger partial charge in [-0.15, -0.1) is 0 Å². The molecule has 0 radical (unpaired) electrons. The molecular weight excluding hydrogens is 214 g/mol. The van der Waals surface area contributed by atoms with Crippen LogP contribution in [0.5, 0.6) is 0 Å². The van der Waals surface area contributed by atoms with E-state index in [2.05, 4.69) is 11.8 Å². The Kier molecular flexibility index (Phi) is 6.19. The van der Waals surface area contributed by atoms with Gasteiger partial charge in [0.2, 0.25) is 0 Å². The molecule has 0 amide bonds. The van der Waals surface area contributed by atoms with Gasteiger partial charge in [-0.05, 0) is 19.0 Å². The normalized spacial score (nSPS) is 13.0. The van der Waals surface area contributed by atoms with E-state index in [-0.39, 0.29) is 0 Å². The monoisotopic (exact) mass is 237 g/mol. The SMILES string of the molecule is CCN(CCOC)CC(O)c1ccc(C)cc1. The van der Waals surface area contributed by atoms with Crippen molar-refractivity contribution in [2.24, 2.45) is 0 Å². The van der Waals surface area contributed by atoms with Crippen molar-refractivity contribution in [3.8, 4) is 0 Å². The molecule has 0 saturated heterocycles. The Morgan fingerprint density at radius 3 is 2.47 bits per heavy atom. The summed E-state index contributed by atoms with van der Waals surface area (Å²) in [6.07, 6.45) is -0.424. The maximum absolute atomic E-state index is 10.1. The van der Waals surface area contributed by atoms with E-state index in [1.54, 1.807) is 7.11 Å². The second-order valence-corrected chi connectivity index (χ2v) is 4.31. The zero-order valence-electron chi connectivity index (χ0n) is 11.0. The maximum atomic E-state index is 10.1. The van der Waals surface area contributed by atoms with Gasteiger partial charge in [0.15, 0.2) is 0 Å². The Hall–Kier alpha value is -0.900. The van der Waals surface area contributed by atoms with E-state index < -0.39 is 6.10 Å². The minimum Gasteiger partial charge on any atom is -0.387 e. The Morgan fingerprint density at radius 1 is 1.29 bits per heavy atom. The van der Waals surface area contributed by atoms with Gasteiger partial charge >= 0.3 is 0 Å². The van der Waals surface area contributed by atoms with Crippen molar-refractivity contribution in [1.29, 1.82) is 0 Å². The van der Waals surface area contributed by atoms with Gasteiger partial charge in [-0.3, -0.25) is 4.90 Å². The predicted octanol–water partition coefficient (Wildman–Crippen LogP) is 2.00. The highest BCUT2D eigenvalue weighted by molar-refractivity contribution is 5.23. The third-order valence-electron chi connectivity index (χ3n) is 2.95. The highest BCUT2D eigenvalue weighted by Gasteiger charge is 2.11. The molecule has 0 spiro atoms. The van der Waals surface area contributed by atoms with Crippen LogP contribution in [0.15, 0.2) is 24.3 Å². The van der Waals surface area contributed by atoms with Gasteiger partial charge in [0.05, 0.1) is 12.7 Å². The third-order valence-corrected chi connectivity index (χ3v) is 2.95. The van der Waals surface area contributed by atoms with Gasteiger partial charge in [0.25, 0.3) is 0 Å². The lowest BCUT2D eigenvalue weighted by Gasteiger charge is -2.23. The number of aliphatic hydroxyl groups is 1. The minimum absolute atomic E-state index is 0.424. The molecule has 3 nitrogen and oxygen atoms in total. The predicted molar refractivity (Wildman–Crippen MR) is 70.1 cm³/mol. The molecule has 1 N–H and O–H groups in total. The van der Waals surface area contributed by atoms with Crippen LogP contribution in [0.3, 0.4) is 0 Å². The first-order valence-electron chi connectivity index (χ1n) is 6.13. The number of nitrogens with zero attached hydrogens (tertiary/aromatic N) is 1. The van der Waals surface area contributed by atoms with Crippen LogP contribution >= 0.6 is 0 Å². The molecule has 17 heavy (non-hydrogen) atoms. The fourth-order valence-corrected chi connectivity index (χ4v) is 1.74. The first kappa shape index (κ1) is 14.2. The highest BCUT2D eigenvalue weighted by Crippen LogP contribution is 2.14. The average Bonchev–Trinajstić information content (AvgIpc) is 2.35. The molecule has 1 aromatic rings. The Balaban J connectivity index is 2.51. The number of aryl methyl sites for hydroxylation is 1. The van der Waals surface area contributed by atoms with E-state index in [0.717, 1.165) is 18.7 Å². The first-order valence-corrected chi connectivity index (χ1v) is 6.13. The van der Waals surface area contributed by atoms with Crippen LogP contribution in [-0.2, 0) is 4.74 Å². The van der Waals surface area contributed by atoms with Crippen molar-refractivity contribution >= 4 is 0 Å². The lowest BCUT2D eigenvalue weighted by molar-refractivity contribution is 0.0921. The molecule has 0 bridgehead atoms. The van der Waals surface area contributed by atoms with Crippen molar-refractivity contribution in [3.05, 3.63) is 35.4 Å². The Labute approximate surface area is 104 Å². The number of hydrogen-bond acceptors (Lipinski definition) is 3. The number of likely N-dealkylation sites (N-methyl/N-ethyl adjacent to an activating group) is 1. The van der Waals surface area contributed by atoms with E-state index in [1.807, 2.05) is 31.2 Å². The average molecular weight is 237 g/mol. The molecule has 3 heteroatoms. The molecule has 0 saturated carbocycles. The summed E-state index contributed by atoms with van der Waals surface area (Å²) in [5, 5.41) is 10.1. The maximum Gasteiger partial charge on any atom is 0.0916 e. The largest absolute Gasteiger partial charge is 0.387 e. The van der Waals surface area contributed by atoms with Crippen molar-refractivity contribution in [1.82, 2.24) is 4.90 Å². The Morgan fingerprint density at radius 2 is 1.94 bits per heavy atom. The smallest absolute Gasteiger partial charge is 0.0916 e. The second-order valence-electron chi connectivity index (χ2n) is 4.31. The van der Waals surface area contributed by atoms with E-state index in [1.165, 1.54) is 5.56 Å². The molecule has 0 aliphatic carbocycles. The fourth-order valence-electron chi connectivity index (χ4n) is 1.74. The van der Waals surface area contributed by atoms with E-state index in [4.69, 9.17) is 4.74 Å². The van der Waals surface area contributed by atoms with Gasteiger partial charge in [-0.2, -0.15) is 0 Å². The number of hydrogen-bond donors (Lipinski definition) is 1. The third kappa shape index (κ3) is 4.86. The molecule has 1 aromatic carbocycles. The van der Waals surface area contributed by atoms with Crippen LogP contribution in [-0.4, -0.2) is 43.4 Å². The van der Waals surface area contributed by atoms with Crippen LogP contribution in [0.2, 0.25) is 0 Å². The molecule has 0 aliphatic rings. The van der Waals surface area contributed by atoms with E-state index in [9.17, 15) is 5.11 Å². The zero-order valence-corrected chi connectivity index (χ0v) is 11.0. The van der Waals surface area contributed by atoms with Gasteiger partial charge in [-0.25, -0.2) is 0 Å². The van der Waals surface area contributed by atoms with Crippen LogP contribution in [0.4, 0.5) is 0 Å². The summed E-state index contributed by atoms with van der Waals surface area (Å²) in [6, 6.07) is 8.04. The molecule has 0 heterocycles. The summed E-state index contributed by atoms with van der Waals surface area (Å²) in [5.41, 5.74) is 2.19. The summed E-state index contributed by atoms with van der Waals surface area (Å²) in [4.78, 5) is 2.19. The standard InChI is InChI=1S/C14H23NO2/c1-4-15(9-10-17-3)11-14(16)13-7-5-12(2)6-8-13/h5-8,14,16H,4,9-11H2,1-3H3. The van der Waals surface area contributed by atoms with Gasteiger partial charge in [0, 0.05) is 20.2 Å². The van der Waals surface area contributed by atoms with Crippen molar-refractivity contribution < 1.29 is 9.84 Å². The molecule has 96 valence electrons. The highest BCUT2D eigenvalue weighted by atomic mass is 16.5. The molecule has 0 fully saturated rings. The lowest BCUT2D eigenvalue weighted by Crippen LogP contribution is -2.31. The Bertz CT molecular complexity index is 311. The summed E-state index contributed by atoms with van der Waals surface area (Å²) in [6.45, 7) is 7.28. The summed E-state index contributed by atoms with van der Waals surface area (Å²) < 4.78 is 5.05.